The van der Waals surface area contributed by atoms with Crippen LogP contribution < -0.4 is 0 Å². The Morgan fingerprint density at radius 2 is 1.85 bits per heavy atom. The summed E-state index contributed by atoms with van der Waals surface area (Å²) in [6.45, 7) is 1.48. The summed E-state index contributed by atoms with van der Waals surface area (Å²) < 4.78 is 3.96. The van der Waals surface area contributed by atoms with Crippen LogP contribution in [0.5, 0.6) is 0 Å². The van der Waals surface area contributed by atoms with Gasteiger partial charge in [-0.05, 0) is 18.6 Å². The van der Waals surface area contributed by atoms with Gasteiger partial charge in [-0.1, -0.05) is 0 Å². The van der Waals surface area contributed by atoms with Gasteiger partial charge in [0.25, 0.3) is 0 Å². The van der Waals surface area contributed by atoms with Crippen LogP contribution in [0.2, 0.25) is 0 Å². The number of aryl methyl sites for hydroxylation is 1. The van der Waals surface area contributed by atoms with Crippen molar-refractivity contribution in [1.82, 2.24) is 24.1 Å². The Morgan fingerprint density at radius 1 is 0.962 bits per heavy atom. The topological polar surface area (TPSA) is 91.9 Å². The van der Waals surface area contributed by atoms with Crippen LogP contribution in [0.25, 0.3) is 33.4 Å². The predicted molar refractivity (Wildman–Crippen MR) is 99.5 cm³/mol. The summed E-state index contributed by atoms with van der Waals surface area (Å²) in [6.07, 6.45) is 12.1. The molecule has 134 valence electrons. The molecule has 7 nitrogen and oxygen atoms in total. The van der Waals surface area contributed by atoms with Gasteiger partial charge in [0.05, 0.1) is 18.6 Å². The summed E-state index contributed by atoms with van der Waals surface area (Å²) in [5.41, 5.74) is 4.91. The lowest BCUT2D eigenvalue weighted by atomic mass is 10.0. The Morgan fingerprint density at radius 3 is 2.69 bits per heavy atom. The number of aromatic amines is 1. The minimum atomic E-state index is 0.0831. The zero-order valence-electron chi connectivity index (χ0n) is 14.3. The number of aliphatic hydroxyl groups excluding tert-OH is 2. The number of rotatable bonds is 7. The van der Waals surface area contributed by atoms with E-state index in [0.717, 1.165) is 40.0 Å². The molecule has 4 heterocycles. The van der Waals surface area contributed by atoms with E-state index in [4.69, 9.17) is 10.2 Å². The van der Waals surface area contributed by atoms with Crippen LogP contribution in [-0.4, -0.2) is 47.5 Å². The van der Waals surface area contributed by atoms with Crippen LogP contribution in [0.4, 0.5) is 0 Å². The average molecular weight is 351 g/mol. The summed E-state index contributed by atoms with van der Waals surface area (Å²) in [5, 5.41) is 19.3. The highest BCUT2D eigenvalue weighted by Crippen LogP contribution is 2.36. The van der Waals surface area contributed by atoms with Crippen LogP contribution in [0, 0.1) is 0 Å². The van der Waals surface area contributed by atoms with Gasteiger partial charge in [0.2, 0.25) is 0 Å². The maximum Gasteiger partial charge on any atom is 0.140 e. The van der Waals surface area contributed by atoms with E-state index in [1.165, 1.54) is 0 Å². The maximum atomic E-state index is 9.16. The molecule has 4 rings (SSSR count). The van der Waals surface area contributed by atoms with Gasteiger partial charge in [0.1, 0.15) is 5.65 Å². The molecule has 0 saturated carbocycles. The maximum absolute atomic E-state index is 9.16. The molecule has 26 heavy (non-hydrogen) atoms. The number of hydrogen-bond donors (Lipinski definition) is 3. The monoisotopic (exact) mass is 351 g/mol. The fourth-order valence-electron chi connectivity index (χ4n) is 3.28. The summed E-state index contributed by atoms with van der Waals surface area (Å²) in [7, 11) is 0. The molecule has 0 aliphatic heterocycles. The first-order valence-electron chi connectivity index (χ1n) is 8.66. The zero-order valence-corrected chi connectivity index (χ0v) is 14.3. The van der Waals surface area contributed by atoms with Crippen molar-refractivity contribution >= 4 is 11.0 Å². The average Bonchev–Trinajstić information content (AvgIpc) is 3.38. The normalized spacial score (nSPS) is 11.5. The van der Waals surface area contributed by atoms with E-state index in [2.05, 4.69) is 31.8 Å². The van der Waals surface area contributed by atoms with Gasteiger partial charge < -0.3 is 24.3 Å². The van der Waals surface area contributed by atoms with Gasteiger partial charge in [0.15, 0.2) is 0 Å². The fourth-order valence-corrected chi connectivity index (χ4v) is 3.28. The van der Waals surface area contributed by atoms with E-state index >= 15 is 0 Å². The summed E-state index contributed by atoms with van der Waals surface area (Å²) in [5.74, 6) is 0. The molecular weight excluding hydrogens is 330 g/mol. The first kappa shape index (κ1) is 16.6. The van der Waals surface area contributed by atoms with E-state index in [1.54, 1.807) is 12.5 Å². The molecule has 0 spiro atoms. The van der Waals surface area contributed by atoms with E-state index < -0.39 is 0 Å². The zero-order chi connectivity index (χ0) is 17.9. The minimum Gasteiger partial charge on any atom is -0.396 e. The van der Waals surface area contributed by atoms with E-state index in [9.17, 15) is 0 Å². The largest absolute Gasteiger partial charge is 0.396 e. The van der Waals surface area contributed by atoms with Crippen molar-refractivity contribution in [1.29, 1.82) is 0 Å². The number of nitrogens with zero attached hydrogens (tertiary/aromatic N) is 4. The second-order valence-electron chi connectivity index (χ2n) is 6.19. The highest BCUT2D eigenvalue weighted by atomic mass is 16.3. The third kappa shape index (κ3) is 2.91. The first-order valence-corrected chi connectivity index (χ1v) is 8.66. The van der Waals surface area contributed by atoms with Crippen molar-refractivity contribution in [2.45, 2.75) is 19.5 Å². The van der Waals surface area contributed by atoms with Gasteiger partial charge in [-0.3, -0.25) is 0 Å². The number of nitrogens with one attached hydrogen (secondary N) is 1. The number of pyridine rings is 1. The smallest absolute Gasteiger partial charge is 0.140 e. The molecule has 0 aromatic carbocycles. The van der Waals surface area contributed by atoms with Crippen LogP contribution in [-0.2, 0) is 13.1 Å². The Labute approximate surface area is 150 Å². The number of aromatic nitrogens is 5. The molecule has 0 aliphatic carbocycles. The third-order valence-electron chi connectivity index (χ3n) is 4.49. The number of fused-ring (bicyclic) bond motifs is 1. The van der Waals surface area contributed by atoms with Crippen LogP contribution in [0.15, 0.2) is 49.4 Å². The van der Waals surface area contributed by atoms with Crippen molar-refractivity contribution in [2.75, 3.05) is 13.2 Å². The molecular formula is C19H21N5O2. The summed E-state index contributed by atoms with van der Waals surface area (Å²) >= 11 is 0. The first-order chi connectivity index (χ1) is 12.8. The molecule has 0 atom stereocenters. The second kappa shape index (κ2) is 7.15. The third-order valence-corrected chi connectivity index (χ3v) is 4.49. The lowest BCUT2D eigenvalue weighted by Crippen LogP contribution is -1.99. The van der Waals surface area contributed by atoms with Crippen LogP contribution >= 0.6 is 0 Å². The van der Waals surface area contributed by atoms with Gasteiger partial charge in [-0.15, -0.1) is 0 Å². The quantitative estimate of drug-likeness (QED) is 0.476. The molecule has 0 radical (unpaired) electrons. The molecule has 4 aromatic heterocycles. The Hall–Kier alpha value is -2.90. The van der Waals surface area contributed by atoms with Crippen molar-refractivity contribution in [3.05, 3.63) is 49.4 Å². The number of H-pyrrole nitrogens is 1. The Kier molecular flexibility index (Phi) is 4.55. The molecule has 0 aliphatic rings. The summed E-state index contributed by atoms with van der Waals surface area (Å²) in [6, 6.07) is 4.00. The number of hydrogen-bond acceptors (Lipinski definition) is 4. The molecule has 0 bridgehead atoms. The minimum absolute atomic E-state index is 0.0831. The Bertz CT molecular complexity index is 1010. The molecule has 7 heteroatoms. The van der Waals surface area contributed by atoms with Gasteiger partial charge >= 0.3 is 0 Å². The predicted octanol–water partition coefficient (Wildman–Crippen LogP) is 2.27. The van der Waals surface area contributed by atoms with Crippen LogP contribution in [0.1, 0.15) is 6.42 Å². The van der Waals surface area contributed by atoms with E-state index in [1.807, 2.05) is 29.2 Å². The fraction of sp³-hybridized carbons (Fsp3) is 0.263. The number of aliphatic hydroxyl groups is 2. The van der Waals surface area contributed by atoms with Crippen LogP contribution in [0.3, 0.4) is 0 Å². The SMILES string of the molecule is OCCCn1cc(-c2c[nH]cc2-c2cn(CCO)cn2)c2cccnc21. The highest BCUT2D eigenvalue weighted by Gasteiger charge is 2.17. The highest BCUT2D eigenvalue weighted by molar-refractivity contribution is 5.98. The van der Waals surface area contributed by atoms with Crippen molar-refractivity contribution in [3.63, 3.8) is 0 Å². The lowest BCUT2D eigenvalue weighted by Gasteiger charge is -2.01. The molecule has 0 fully saturated rings. The second-order valence-corrected chi connectivity index (χ2v) is 6.19. The molecule has 4 aromatic rings. The molecule has 0 saturated heterocycles. The van der Waals surface area contributed by atoms with Crippen molar-refractivity contribution < 1.29 is 10.2 Å². The van der Waals surface area contributed by atoms with E-state index in [-0.39, 0.29) is 13.2 Å². The van der Waals surface area contributed by atoms with Gasteiger partial charge in [-0.2, -0.15) is 0 Å². The lowest BCUT2D eigenvalue weighted by molar-refractivity contribution is 0.276. The summed E-state index contributed by atoms with van der Waals surface area (Å²) in [4.78, 5) is 12.2. The molecule has 0 amide bonds. The van der Waals surface area contributed by atoms with Gasteiger partial charge in [0, 0.05) is 72.8 Å². The van der Waals surface area contributed by atoms with E-state index in [0.29, 0.717) is 13.0 Å². The van der Waals surface area contributed by atoms with Gasteiger partial charge in [-0.25, -0.2) is 9.97 Å². The van der Waals surface area contributed by atoms with Crippen molar-refractivity contribution in [2.24, 2.45) is 0 Å². The molecule has 3 N–H and O–H groups in total. The number of imidazole rings is 1. The molecule has 0 unspecified atom stereocenters. The Balaban J connectivity index is 1.80. The standard InChI is InChI=1S/C19H21N5O2/c25-7-2-5-24-11-17(14-3-1-4-21-19(14)24)15-9-20-10-16(15)18-12-23(6-8-26)13-22-18/h1,3-4,9-13,20,25-26H,2,5-8H2. The van der Waals surface area contributed by atoms with Crippen molar-refractivity contribution in [3.8, 4) is 22.4 Å².